The van der Waals surface area contributed by atoms with Gasteiger partial charge in [-0.05, 0) is 45.1 Å². The van der Waals surface area contributed by atoms with Gasteiger partial charge in [0.05, 0.1) is 18.8 Å². The van der Waals surface area contributed by atoms with Gasteiger partial charge >= 0.3 is 0 Å². The van der Waals surface area contributed by atoms with Gasteiger partial charge in [0.2, 0.25) is 0 Å². The molecule has 2 aliphatic rings. The van der Waals surface area contributed by atoms with Crippen LogP contribution in [-0.2, 0) is 9.47 Å². The van der Waals surface area contributed by atoms with Crippen LogP contribution in [0.3, 0.4) is 0 Å². The molecule has 3 heteroatoms. The van der Waals surface area contributed by atoms with Crippen LogP contribution < -0.4 is 5.32 Å². The van der Waals surface area contributed by atoms with Gasteiger partial charge in [-0.25, -0.2) is 0 Å². The molecule has 0 amide bonds. The Hall–Kier alpha value is -0.120. The summed E-state index contributed by atoms with van der Waals surface area (Å²) in [6.45, 7) is 2.06. The van der Waals surface area contributed by atoms with Gasteiger partial charge in [-0.15, -0.1) is 0 Å². The third-order valence-corrected chi connectivity index (χ3v) is 3.61. The molecular formula is C12H23NO2. The molecule has 1 aliphatic carbocycles. The summed E-state index contributed by atoms with van der Waals surface area (Å²) < 4.78 is 11.4. The first-order valence-electron chi connectivity index (χ1n) is 6.26. The predicted octanol–water partition coefficient (Wildman–Crippen LogP) is 1.71. The molecule has 0 spiro atoms. The van der Waals surface area contributed by atoms with Crippen LogP contribution in [0.5, 0.6) is 0 Å². The van der Waals surface area contributed by atoms with Crippen LogP contribution >= 0.6 is 0 Å². The number of ether oxygens (including phenoxy) is 2. The molecule has 0 aromatic carbocycles. The fourth-order valence-electron chi connectivity index (χ4n) is 2.62. The van der Waals surface area contributed by atoms with Crippen molar-refractivity contribution in [3.8, 4) is 0 Å². The topological polar surface area (TPSA) is 30.5 Å². The maximum absolute atomic E-state index is 5.96. The second-order valence-corrected chi connectivity index (χ2v) is 4.77. The van der Waals surface area contributed by atoms with Crippen molar-refractivity contribution in [2.75, 3.05) is 20.3 Å². The van der Waals surface area contributed by atoms with E-state index in [9.17, 15) is 0 Å². The minimum atomic E-state index is 0.431. The fourth-order valence-corrected chi connectivity index (χ4v) is 2.62. The Morgan fingerprint density at radius 3 is 2.73 bits per heavy atom. The lowest BCUT2D eigenvalue weighted by Crippen LogP contribution is -2.33. The Morgan fingerprint density at radius 2 is 2.00 bits per heavy atom. The summed E-state index contributed by atoms with van der Waals surface area (Å²) in [5.41, 5.74) is 0. The summed E-state index contributed by atoms with van der Waals surface area (Å²) in [4.78, 5) is 0. The lowest BCUT2D eigenvalue weighted by molar-refractivity contribution is -0.0342. The smallest absolute Gasteiger partial charge is 0.0623 e. The second-order valence-electron chi connectivity index (χ2n) is 4.77. The second kappa shape index (κ2) is 5.83. The fraction of sp³-hybridized carbons (Fsp3) is 1.00. The predicted molar refractivity (Wildman–Crippen MR) is 60.0 cm³/mol. The van der Waals surface area contributed by atoms with Gasteiger partial charge in [-0.1, -0.05) is 0 Å². The van der Waals surface area contributed by atoms with E-state index in [1.807, 2.05) is 7.11 Å². The van der Waals surface area contributed by atoms with Gasteiger partial charge in [0.1, 0.15) is 0 Å². The van der Waals surface area contributed by atoms with Crippen molar-refractivity contribution in [2.24, 2.45) is 0 Å². The zero-order valence-corrected chi connectivity index (χ0v) is 9.71. The minimum absolute atomic E-state index is 0.431. The van der Waals surface area contributed by atoms with Crippen molar-refractivity contribution in [3.05, 3.63) is 0 Å². The number of nitrogens with one attached hydrogen (secondary N) is 1. The molecule has 1 saturated heterocycles. The van der Waals surface area contributed by atoms with E-state index < -0.39 is 0 Å². The molecule has 3 atom stereocenters. The first-order valence-corrected chi connectivity index (χ1v) is 6.26. The van der Waals surface area contributed by atoms with Crippen molar-refractivity contribution >= 4 is 0 Å². The Kier molecular flexibility index (Phi) is 4.42. The molecule has 88 valence electrons. The maximum Gasteiger partial charge on any atom is 0.0623 e. The highest BCUT2D eigenvalue weighted by Crippen LogP contribution is 2.23. The van der Waals surface area contributed by atoms with E-state index in [0.717, 1.165) is 13.0 Å². The maximum atomic E-state index is 5.96. The molecule has 15 heavy (non-hydrogen) atoms. The molecule has 3 nitrogen and oxygen atoms in total. The molecule has 2 rings (SSSR count). The number of rotatable bonds is 4. The van der Waals surface area contributed by atoms with Crippen LogP contribution in [0.1, 0.15) is 38.5 Å². The summed E-state index contributed by atoms with van der Waals surface area (Å²) >= 11 is 0. The molecule has 0 aromatic heterocycles. The lowest BCUT2D eigenvalue weighted by atomic mass is 9.95. The van der Waals surface area contributed by atoms with Gasteiger partial charge in [-0.3, -0.25) is 0 Å². The molecule has 1 N–H and O–H groups in total. The standard InChI is InChI=1S/C12H23NO2/c1-14-11-5-2-6-12(8-11)15-9-10-4-3-7-13-10/h10-13H,2-9H2,1H3/t10-,11?,12?/m1/s1. The molecule has 2 fully saturated rings. The van der Waals surface area contributed by atoms with Gasteiger partial charge in [0, 0.05) is 13.2 Å². The van der Waals surface area contributed by atoms with Gasteiger partial charge < -0.3 is 14.8 Å². The average molecular weight is 213 g/mol. The average Bonchev–Trinajstić information content (AvgIpc) is 2.79. The Morgan fingerprint density at radius 1 is 1.13 bits per heavy atom. The number of hydrogen-bond donors (Lipinski definition) is 1. The van der Waals surface area contributed by atoms with E-state index in [1.54, 1.807) is 0 Å². The largest absolute Gasteiger partial charge is 0.381 e. The van der Waals surface area contributed by atoms with Crippen LogP contribution in [-0.4, -0.2) is 38.5 Å². The van der Waals surface area contributed by atoms with Crippen LogP contribution in [0.4, 0.5) is 0 Å². The van der Waals surface area contributed by atoms with Crippen LogP contribution in [0, 0.1) is 0 Å². The molecule has 0 aromatic rings. The van der Waals surface area contributed by atoms with Crippen molar-refractivity contribution < 1.29 is 9.47 Å². The third kappa shape index (κ3) is 3.44. The molecule has 2 unspecified atom stereocenters. The summed E-state index contributed by atoms with van der Waals surface area (Å²) in [5.74, 6) is 0. The van der Waals surface area contributed by atoms with Crippen molar-refractivity contribution in [1.29, 1.82) is 0 Å². The van der Waals surface area contributed by atoms with Gasteiger partial charge in [0.15, 0.2) is 0 Å². The van der Waals surface area contributed by atoms with Crippen LogP contribution in [0.25, 0.3) is 0 Å². The lowest BCUT2D eigenvalue weighted by Gasteiger charge is -2.29. The Labute approximate surface area is 92.5 Å². The summed E-state index contributed by atoms with van der Waals surface area (Å²) in [5, 5.41) is 3.47. The van der Waals surface area contributed by atoms with Crippen molar-refractivity contribution in [2.45, 2.75) is 56.8 Å². The number of hydrogen-bond acceptors (Lipinski definition) is 3. The van der Waals surface area contributed by atoms with E-state index in [-0.39, 0.29) is 0 Å². The van der Waals surface area contributed by atoms with Gasteiger partial charge in [0.25, 0.3) is 0 Å². The van der Waals surface area contributed by atoms with Crippen molar-refractivity contribution in [1.82, 2.24) is 5.32 Å². The van der Waals surface area contributed by atoms with Crippen molar-refractivity contribution in [3.63, 3.8) is 0 Å². The number of methoxy groups -OCH3 is 1. The normalized spacial score (nSPS) is 37.0. The third-order valence-electron chi connectivity index (χ3n) is 3.61. The van der Waals surface area contributed by atoms with Crippen LogP contribution in [0.15, 0.2) is 0 Å². The van der Waals surface area contributed by atoms with E-state index in [4.69, 9.17) is 9.47 Å². The molecule has 1 aliphatic heterocycles. The van der Waals surface area contributed by atoms with E-state index in [0.29, 0.717) is 18.2 Å². The Bertz CT molecular complexity index is 180. The first kappa shape index (κ1) is 11.4. The molecular weight excluding hydrogens is 190 g/mol. The monoisotopic (exact) mass is 213 g/mol. The quantitative estimate of drug-likeness (QED) is 0.771. The zero-order valence-electron chi connectivity index (χ0n) is 9.71. The Balaban J connectivity index is 1.65. The van der Waals surface area contributed by atoms with Gasteiger partial charge in [-0.2, -0.15) is 0 Å². The molecule has 1 heterocycles. The highest BCUT2D eigenvalue weighted by atomic mass is 16.5. The van der Waals surface area contributed by atoms with E-state index in [1.165, 1.54) is 38.6 Å². The summed E-state index contributed by atoms with van der Waals surface area (Å²) in [7, 11) is 1.81. The van der Waals surface area contributed by atoms with Crippen LogP contribution in [0.2, 0.25) is 0 Å². The highest BCUT2D eigenvalue weighted by Gasteiger charge is 2.23. The SMILES string of the molecule is COC1CCCC(OC[C@H]2CCCN2)C1. The first-order chi connectivity index (χ1) is 7.38. The minimum Gasteiger partial charge on any atom is -0.381 e. The zero-order chi connectivity index (χ0) is 10.5. The summed E-state index contributed by atoms with van der Waals surface area (Å²) in [6.07, 6.45) is 8.21. The van der Waals surface area contributed by atoms with E-state index in [2.05, 4.69) is 5.32 Å². The highest BCUT2D eigenvalue weighted by molar-refractivity contribution is 4.77. The summed E-state index contributed by atoms with van der Waals surface area (Å²) in [6, 6.07) is 0.605. The molecule has 0 bridgehead atoms. The van der Waals surface area contributed by atoms with E-state index >= 15 is 0 Å². The molecule has 0 radical (unpaired) electrons. The molecule has 1 saturated carbocycles.